The maximum absolute atomic E-state index is 13.0. The van der Waals surface area contributed by atoms with E-state index < -0.39 is 10.0 Å². The Balaban J connectivity index is 1.93. The van der Waals surface area contributed by atoms with Gasteiger partial charge in [-0.15, -0.1) is 0 Å². The van der Waals surface area contributed by atoms with Crippen LogP contribution < -0.4 is 10.2 Å². The first kappa shape index (κ1) is 24.0. The molecule has 1 aliphatic heterocycles. The van der Waals surface area contributed by atoms with Gasteiger partial charge >= 0.3 is 0 Å². The first-order chi connectivity index (χ1) is 15.4. The minimum absolute atomic E-state index is 0.163. The van der Waals surface area contributed by atoms with Crippen molar-refractivity contribution in [2.45, 2.75) is 25.7 Å². The van der Waals surface area contributed by atoms with Crippen molar-refractivity contribution in [3.05, 3.63) is 59.7 Å². The SMILES string of the molecule is CCN(CC)S(=O)(=O)c1ccc(N2CCOCC2)c(NC(=O)/C=C/c2ccccc2C)c1. The zero-order valence-corrected chi connectivity index (χ0v) is 19.7. The molecule has 0 bridgehead atoms. The highest BCUT2D eigenvalue weighted by Gasteiger charge is 2.24. The van der Waals surface area contributed by atoms with E-state index in [2.05, 4.69) is 10.2 Å². The lowest BCUT2D eigenvalue weighted by Crippen LogP contribution is -2.37. The Hall–Kier alpha value is -2.68. The number of ether oxygens (including phenoxy) is 1. The lowest BCUT2D eigenvalue weighted by atomic mass is 10.1. The van der Waals surface area contributed by atoms with Crippen molar-refractivity contribution in [3.63, 3.8) is 0 Å². The average molecular weight is 458 g/mol. The van der Waals surface area contributed by atoms with Gasteiger partial charge in [-0.1, -0.05) is 38.1 Å². The fourth-order valence-corrected chi connectivity index (χ4v) is 5.17. The Morgan fingerprint density at radius 1 is 1.12 bits per heavy atom. The van der Waals surface area contributed by atoms with Gasteiger partial charge in [-0.2, -0.15) is 4.31 Å². The summed E-state index contributed by atoms with van der Waals surface area (Å²) in [6.45, 7) is 8.87. The number of hydrogen-bond acceptors (Lipinski definition) is 5. The van der Waals surface area contributed by atoms with Gasteiger partial charge in [0.25, 0.3) is 0 Å². The van der Waals surface area contributed by atoms with Crippen molar-refractivity contribution < 1.29 is 17.9 Å². The van der Waals surface area contributed by atoms with Crippen molar-refractivity contribution in [1.82, 2.24) is 4.31 Å². The predicted molar refractivity (Wildman–Crippen MR) is 128 cm³/mol. The van der Waals surface area contributed by atoms with Crippen LogP contribution in [-0.4, -0.2) is 58.0 Å². The van der Waals surface area contributed by atoms with Gasteiger partial charge in [-0.25, -0.2) is 8.42 Å². The van der Waals surface area contributed by atoms with Crippen molar-refractivity contribution in [1.29, 1.82) is 0 Å². The number of carbonyl (C=O) groups is 1. The molecule has 0 spiro atoms. The average Bonchev–Trinajstić information content (AvgIpc) is 2.79. The van der Waals surface area contributed by atoms with Gasteiger partial charge in [-0.3, -0.25) is 4.79 Å². The van der Waals surface area contributed by atoms with Gasteiger partial charge in [0.15, 0.2) is 0 Å². The molecule has 1 amide bonds. The van der Waals surface area contributed by atoms with Gasteiger partial charge in [0, 0.05) is 32.3 Å². The van der Waals surface area contributed by atoms with E-state index in [1.165, 1.54) is 10.4 Å². The van der Waals surface area contributed by atoms with Crippen LogP contribution in [0.25, 0.3) is 6.08 Å². The molecule has 3 rings (SSSR count). The number of morpholine rings is 1. The third-order valence-electron chi connectivity index (χ3n) is 5.52. The maximum atomic E-state index is 13.0. The summed E-state index contributed by atoms with van der Waals surface area (Å²) in [7, 11) is -3.65. The van der Waals surface area contributed by atoms with E-state index in [4.69, 9.17) is 4.74 Å². The predicted octanol–water partition coefficient (Wildman–Crippen LogP) is 3.51. The molecule has 1 fully saturated rings. The molecule has 1 saturated heterocycles. The number of nitrogens with zero attached hydrogens (tertiary/aromatic N) is 2. The number of amides is 1. The van der Waals surface area contributed by atoms with Gasteiger partial charge in [0.05, 0.1) is 29.5 Å². The summed E-state index contributed by atoms with van der Waals surface area (Å²) in [4.78, 5) is 15.0. The largest absolute Gasteiger partial charge is 0.378 e. The molecule has 0 aromatic heterocycles. The maximum Gasteiger partial charge on any atom is 0.248 e. The molecule has 32 heavy (non-hydrogen) atoms. The highest BCUT2D eigenvalue weighted by atomic mass is 32.2. The van der Waals surface area contributed by atoms with Crippen LogP contribution in [0.3, 0.4) is 0 Å². The molecule has 0 atom stereocenters. The summed E-state index contributed by atoms with van der Waals surface area (Å²) in [5.41, 5.74) is 3.27. The zero-order valence-electron chi connectivity index (χ0n) is 18.9. The Morgan fingerprint density at radius 2 is 1.81 bits per heavy atom. The van der Waals surface area contributed by atoms with Gasteiger partial charge in [0.1, 0.15) is 0 Å². The molecule has 172 valence electrons. The van der Waals surface area contributed by atoms with Crippen LogP contribution in [0.15, 0.2) is 53.4 Å². The molecule has 0 saturated carbocycles. The number of hydrogen-bond donors (Lipinski definition) is 1. The van der Waals surface area contributed by atoms with E-state index in [0.717, 1.165) is 16.8 Å². The Labute approximate surface area is 190 Å². The molecule has 8 heteroatoms. The van der Waals surface area contributed by atoms with Crippen LogP contribution in [0.5, 0.6) is 0 Å². The van der Waals surface area contributed by atoms with Crippen LogP contribution in [0, 0.1) is 6.92 Å². The lowest BCUT2D eigenvalue weighted by Gasteiger charge is -2.31. The van der Waals surface area contributed by atoms with Crippen molar-refractivity contribution in [2.75, 3.05) is 49.6 Å². The third kappa shape index (κ3) is 5.56. The fraction of sp³-hybridized carbons (Fsp3) is 0.375. The summed E-state index contributed by atoms with van der Waals surface area (Å²) >= 11 is 0. The highest BCUT2D eigenvalue weighted by Crippen LogP contribution is 2.31. The topological polar surface area (TPSA) is 79.0 Å². The van der Waals surface area contributed by atoms with Crippen LogP contribution in [0.1, 0.15) is 25.0 Å². The van der Waals surface area contributed by atoms with Gasteiger partial charge in [0.2, 0.25) is 15.9 Å². The van der Waals surface area contributed by atoms with Crippen molar-refractivity contribution >= 4 is 33.4 Å². The number of sulfonamides is 1. The number of rotatable bonds is 8. The second kappa shape index (κ2) is 10.8. The van der Waals surface area contributed by atoms with E-state index >= 15 is 0 Å². The summed E-state index contributed by atoms with van der Waals surface area (Å²) < 4.78 is 32.9. The monoisotopic (exact) mass is 457 g/mol. The number of nitrogens with one attached hydrogen (secondary N) is 1. The highest BCUT2D eigenvalue weighted by molar-refractivity contribution is 7.89. The van der Waals surface area contributed by atoms with Crippen LogP contribution >= 0.6 is 0 Å². The number of aryl methyl sites for hydroxylation is 1. The van der Waals surface area contributed by atoms with Crippen molar-refractivity contribution in [2.24, 2.45) is 0 Å². The normalized spacial score (nSPS) is 14.8. The van der Waals surface area contributed by atoms with E-state index in [1.807, 2.05) is 45.0 Å². The quantitative estimate of drug-likeness (QED) is 0.614. The van der Waals surface area contributed by atoms with E-state index in [9.17, 15) is 13.2 Å². The summed E-state index contributed by atoms with van der Waals surface area (Å²) in [6, 6.07) is 12.7. The molecule has 0 aliphatic carbocycles. The lowest BCUT2D eigenvalue weighted by molar-refractivity contribution is -0.111. The van der Waals surface area contributed by atoms with E-state index in [-0.39, 0.29) is 10.8 Å². The molecule has 0 radical (unpaired) electrons. The molecule has 1 heterocycles. The van der Waals surface area contributed by atoms with E-state index in [0.29, 0.717) is 45.1 Å². The number of carbonyl (C=O) groups excluding carboxylic acids is 1. The summed E-state index contributed by atoms with van der Waals surface area (Å²) in [5, 5.41) is 2.89. The first-order valence-corrected chi connectivity index (χ1v) is 12.3. The molecule has 2 aromatic rings. The minimum Gasteiger partial charge on any atom is -0.378 e. The smallest absolute Gasteiger partial charge is 0.248 e. The standard InChI is InChI=1S/C24H31N3O4S/c1-4-27(5-2)32(29,30)21-11-12-23(26-14-16-31-17-15-26)22(18-21)25-24(28)13-10-20-9-7-6-8-19(20)3/h6-13,18H,4-5,14-17H2,1-3H3,(H,25,28)/b13-10+. The molecule has 7 nitrogen and oxygen atoms in total. The minimum atomic E-state index is -3.65. The van der Waals surface area contributed by atoms with Gasteiger partial charge < -0.3 is 15.0 Å². The van der Waals surface area contributed by atoms with Crippen LogP contribution in [0.4, 0.5) is 11.4 Å². The van der Waals surface area contributed by atoms with Crippen molar-refractivity contribution in [3.8, 4) is 0 Å². The second-order valence-electron chi connectivity index (χ2n) is 7.55. The second-order valence-corrected chi connectivity index (χ2v) is 9.48. The molecule has 1 N–H and O–H groups in total. The summed E-state index contributed by atoms with van der Waals surface area (Å²) in [5.74, 6) is -0.319. The first-order valence-electron chi connectivity index (χ1n) is 10.9. The summed E-state index contributed by atoms with van der Waals surface area (Å²) in [6.07, 6.45) is 3.23. The number of benzene rings is 2. The molecular formula is C24H31N3O4S. The van der Waals surface area contributed by atoms with E-state index in [1.54, 1.807) is 24.3 Å². The zero-order chi connectivity index (χ0) is 23.1. The molecule has 2 aromatic carbocycles. The molecule has 1 aliphatic rings. The molecule has 0 unspecified atom stereocenters. The van der Waals surface area contributed by atoms with Gasteiger partial charge in [-0.05, 0) is 42.3 Å². The Bertz CT molecular complexity index is 1070. The third-order valence-corrected chi connectivity index (χ3v) is 7.57. The molecular weight excluding hydrogens is 426 g/mol. The van der Waals surface area contributed by atoms with Crippen LogP contribution in [0.2, 0.25) is 0 Å². The Kier molecular flexibility index (Phi) is 8.06. The Morgan fingerprint density at radius 3 is 2.47 bits per heavy atom. The fourth-order valence-electron chi connectivity index (χ4n) is 3.68. The van der Waals surface area contributed by atoms with Crippen LogP contribution in [-0.2, 0) is 19.6 Å². The number of anilines is 2.